The molecule has 0 saturated heterocycles. The summed E-state index contributed by atoms with van der Waals surface area (Å²) in [5, 5.41) is 5.37. The number of anilines is 2. The lowest BCUT2D eigenvalue weighted by Crippen LogP contribution is -2.21. The van der Waals surface area contributed by atoms with Crippen molar-refractivity contribution in [3.05, 3.63) is 77.1 Å². The number of halogens is 2. The zero-order valence-corrected chi connectivity index (χ0v) is 20.1. The van der Waals surface area contributed by atoms with E-state index in [0.717, 1.165) is 0 Å². The van der Waals surface area contributed by atoms with Gasteiger partial charge in [0.25, 0.3) is 11.8 Å². The van der Waals surface area contributed by atoms with E-state index in [-0.39, 0.29) is 29.4 Å². The van der Waals surface area contributed by atoms with Crippen LogP contribution in [0.5, 0.6) is 17.2 Å². The number of carbonyl (C=O) groups is 3. The molecule has 0 aliphatic heterocycles. The second-order valence-corrected chi connectivity index (χ2v) is 7.59. The molecule has 0 radical (unpaired) electrons. The molecule has 0 aliphatic carbocycles. The Hall–Kier alpha value is -4.31. The van der Waals surface area contributed by atoms with Gasteiger partial charge in [-0.2, -0.15) is 0 Å². The third-order valence-electron chi connectivity index (χ3n) is 4.68. The van der Waals surface area contributed by atoms with Crippen molar-refractivity contribution in [3.8, 4) is 17.2 Å². The Kier molecular flexibility index (Phi) is 9.07. The van der Waals surface area contributed by atoms with Crippen molar-refractivity contribution in [2.75, 3.05) is 38.1 Å². The Morgan fingerprint density at radius 2 is 1.47 bits per heavy atom. The lowest BCUT2D eigenvalue weighted by molar-refractivity contribution is -0.119. The predicted octanol–water partition coefficient (Wildman–Crippen LogP) is 4.31. The number of ether oxygens (including phenoxy) is 4. The van der Waals surface area contributed by atoms with Crippen LogP contribution < -0.4 is 24.8 Å². The van der Waals surface area contributed by atoms with Gasteiger partial charge in [0.1, 0.15) is 11.6 Å². The van der Waals surface area contributed by atoms with Crippen LogP contribution in [-0.4, -0.2) is 45.2 Å². The summed E-state index contributed by atoms with van der Waals surface area (Å²) >= 11 is 5.96. The van der Waals surface area contributed by atoms with E-state index < -0.39 is 30.2 Å². The Morgan fingerprint density at radius 1 is 0.806 bits per heavy atom. The fourth-order valence-corrected chi connectivity index (χ4v) is 3.16. The van der Waals surface area contributed by atoms with Gasteiger partial charge in [0.05, 0.1) is 31.2 Å². The van der Waals surface area contributed by atoms with Crippen molar-refractivity contribution in [2.24, 2.45) is 0 Å². The minimum absolute atomic E-state index is 0.0282. The average molecular weight is 517 g/mol. The molecule has 0 fully saturated rings. The molecular formula is C25H22ClFN2O7. The molecule has 3 rings (SSSR count). The average Bonchev–Trinajstić information content (AvgIpc) is 2.87. The van der Waals surface area contributed by atoms with Crippen LogP contribution in [0.1, 0.15) is 10.4 Å². The van der Waals surface area contributed by atoms with E-state index >= 15 is 0 Å². The highest BCUT2D eigenvalue weighted by Gasteiger charge is 2.16. The quantitative estimate of drug-likeness (QED) is 0.386. The van der Waals surface area contributed by atoms with E-state index in [9.17, 15) is 18.8 Å². The molecule has 3 aromatic rings. The van der Waals surface area contributed by atoms with Gasteiger partial charge >= 0.3 is 5.97 Å². The van der Waals surface area contributed by atoms with Crippen LogP contribution in [0.2, 0.25) is 5.02 Å². The third kappa shape index (κ3) is 7.09. The molecule has 9 nitrogen and oxygen atoms in total. The van der Waals surface area contributed by atoms with Crippen LogP contribution in [-0.2, 0) is 14.3 Å². The summed E-state index contributed by atoms with van der Waals surface area (Å²) < 4.78 is 34.5. The topological polar surface area (TPSA) is 112 Å². The highest BCUT2D eigenvalue weighted by atomic mass is 35.5. The van der Waals surface area contributed by atoms with E-state index in [4.69, 9.17) is 30.5 Å². The molecule has 0 unspecified atom stereocenters. The fourth-order valence-electron chi connectivity index (χ4n) is 2.98. The van der Waals surface area contributed by atoms with Gasteiger partial charge in [-0.15, -0.1) is 0 Å². The number of esters is 1. The molecule has 0 spiro atoms. The minimum Gasteiger partial charge on any atom is -0.495 e. The molecule has 0 bridgehead atoms. The molecule has 3 aromatic carbocycles. The fraction of sp³-hybridized carbons (Fsp3) is 0.160. The van der Waals surface area contributed by atoms with Gasteiger partial charge in [-0.1, -0.05) is 23.7 Å². The van der Waals surface area contributed by atoms with Gasteiger partial charge in [0.2, 0.25) is 0 Å². The maximum atomic E-state index is 13.6. The summed E-state index contributed by atoms with van der Waals surface area (Å²) in [4.78, 5) is 36.6. The molecular weight excluding hydrogens is 495 g/mol. The smallest absolute Gasteiger partial charge is 0.338 e. The summed E-state index contributed by atoms with van der Waals surface area (Å²) in [7, 11) is 2.82. The molecule has 0 aliphatic rings. The van der Waals surface area contributed by atoms with Crippen LogP contribution in [0.15, 0.2) is 60.7 Å². The van der Waals surface area contributed by atoms with Gasteiger partial charge in [0.15, 0.2) is 24.7 Å². The van der Waals surface area contributed by atoms with Gasteiger partial charge in [-0.05, 0) is 48.5 Å². The predicted molar refractivity (Wildman–Crippen MR) is 130 cm³/mol. The third-order valence-corrected chi connectivity index (χ3v) is 4.91. The Labute approximate surface area is 211 Å². The van der Waals surface area contributed by atoms with Crippen LogP contribution in [0.3, 0.4) is 0 Å². The van der Waals surface area contributed by atoms with Gasteiger partial charge < -0.3 is 29.6 Å². The SMILES string of the molecule is COc1ccc(Cl)cc1NC(=O)COc1ccc(C(=O)OCC(=O)Nc2ccccc2F)cc1OC. The summed E-state index contributed by atoms with van der Waals surface area (Å²) in [5.41, 5.74) is 0.424. The van der Waals surface area contributed by atoms with Crippen LogP contribution >= 0.6 is 11.6 Å². The molecule has 2 N–H and O–H groups in total. The summed E-state index contributed by atoms with van der Waals surface area (Å²) in [5.74, 6) is -1.83. The second kappa shape index (κ2) is 12.4. The standard InChI is InChI=1S/C25H22ClFN2O7/c1-33-20-10-8-16(26)12-19(20)29-23(30)13-35-21-9-7-15(11-22(21)34-2)25(32)36-14-24(31)28-18-6-4-3-5-17(18)27/h3-12H,13-14H2,1-2H3,(H,28,31)(H,29,30). The zero-order valence-electron chi connectivity index (χ0n) is 19.3. The van der Waals surface area contributed by atoms with Gasteiger partial charge in [0, 0.05) is 5.02 Å². The number of hydrogen-bond acceptors (Lipinski definition) is 7. The molecule has 0 atom stereocenters. The first kappa shape index (κ1) is 26.3. The van der Waals surface area contributed by atoms with E-state index in [2.05, 4.69) is 10.6 Å². The molecule has 36 heavy (non-hydrogen) atoms. The highest BCUT2D eigenvalue weighted by molar-refractivity contribution is 6.31. The first-order valence-electron chi connectivity index (χ1n) is 10.5. The molecule has 188 valence electrons. The van der Waals surface area contributed by atoms with Crippen LogP contribution in [0.25, 0.3) is 0 Å². The first-order valence-corrected chi connectivity index (χ1v) is 10.8. The highest BCUT2D eigenvalue weighted by Crippen LogP contribution is 2.30. The largest absolute Gasteiger partial charge is 0.495 e. The van der Waals surface area contributed by atoms with E-state index in [0.29, 0.717) is 16.5 Å². The number of carbonyl (C=O) groups excluding carboxylic acids is 3. The Bertz CT molecular complexity index is 1270. The normalized spacial score (nSPS) is 10.2. The van der Waals surface area contributed by atoms with Gasteiger partial charge in [-0.25, -0.2) is 9.18 Å². The number of rotatable bonds is 10. The second-order valence-electron chi connectivity index (χ2n) is 7.15. The number of hydrogen-bond donors (Lipinski definition) is 2. The number of nitrogens with one attached hydrogen (secondary N) is 2. The lowest BCUT2D eigenvalue weighted by Gasteiger charge is -2.13. The molecule has 0 aromatic heterocycles. The van der Waals surface area contributed by atoms with Crippen LogP contribution in [0, 0.1) is 5.82 Å². The Balaban J connectivity index is 1.56. The first-order chi connectivity index (χ1) is 17.3. The van der Waals surface area contributed by atoms with Crippen molar-refractivity contribution >= 4 is 40.8 Å². The monoisotopic (exact) mass is 516 g/mol. The molecule has 2 amide bonds. The van der Waals surface area contributed by atoms with Crippen molar-refractivity contribution in [3.63, 3.8) is 0 Å². The summed E-state index contributed by atoms with van der Waals surface area (Å²) in [6.07, 6.45) is 0. The van der Waals surface area contributed by atoms with E-state index in [1.54, 1.807) is 18.2 Å². The van der Waals surface area contributed by atoms with Crippen molar-refractivity contribution in [1.82, 2.24) is 0 Å². The number of para-hydroxylation sites is 1. The van der Waals surface area contributed by atoms with Crippen LogP contribution in [0.4, 0.5) is 15.8 Å². The van der Waals surface area contributed by atoms with E-state index in [1.165, 1.54) is 56.7 Å². The summed E-state index contributed by atoms with van der Waals surface area (Å²) in [6.45, 7) is -0.993. The molecule has 11 heteroatoms. The van der Waals surface area contributed by atoms with Crippen molar-refractivity contribution in [1.29, 1.82) is 0 Å². The van der Waals surface area contributed by atoms with Gasteiger partial charge in [-0.3, -0.25) is 9.59 Å². The number of amides is 2. The Morgan fingerprint density at radius 3 is 2.19 bits per heavy atom. The number of methoxy groups -OCH3 is 2. The maximum absolute atomic E-state index is 13.6. The minimum atomic E-state index is -0.811. The van der Waals surface area contributed by atoms with E-state index in [1.807, 2.05) is 0 Å². The number of benzene rings is 3. The zero-order chi connectivity index (χ0) is 26.1. The summed E-state index contributed by atoms with van der Waals surface area (Å²) in [6, 6.07) is 14.5. The molecule has 0 saturated carbocycles. The van der Waals surface area contributed by atoms with Crippen molar-refractivity contribution in [2.45, 2.75) is 0 Å². The maximum Gasteiger partial charge on any atom is 0.338 e. The molecule has 0 heterocycles. The van der Waals surface area contributed by atoms with Crippen molar-refractivity contribution < 1.29 is 37.7 Å². The lowest BCUT2D eigenvalue weighted by atomic mass is 10.2.